The lowest BCUT2D eigenvalue weighted by atomic mass is 10.1. The van der Waals surface area contributed by atoms with Gasteiger partial charge in [-0.1, -0.05) is 12.1 Å². The number of likely N-dealkylation sites (tertiary alicyclic amines) is 1. The van der Waals surface area contributed by atoms with Crippen molar-refractivity contribution in [2.45, 2.75) is 13.0 Å². The smallest absolute Gasteiger partial charge is 0.223 e. The molecular weight excluding hydrogens is 262 g/mol. The molecule has 0 aromatic heterocycles. The van der Waals surface area contributed by atoms with E-state index in [-0.39, 0.29) is 18.9 Å². The molecule has 1 aliphatic heterocycles. The highest BCUT2D eigenvalue weighted by Gasteiger charge is 2.31. The fourth-order valence-corrected chi connectivity index (χ4v) is 2.37. The van der Waals surface area contributed by atoms with Crippen molar-refractivity contribution in [3.63, 3.8) is 0 Å². The number of nitrogens with zero attached hydrogens (tertiary/aromatic N) is 1. The van der Waals surface area contributed by atoms with Gasteiger partial charge in [-0.3, -0.25) is 4.79 Å². The number of methoxy groups -OCH3 is 2. The number of amides is 1. The van der Waals surface area contributed by atoms with Gasteiger partial charge in [-0.15, -0.1) is 0 Å². The molecule has 0 spiro atoms. The third kappa shape index (κ3) is 2.68. The molecule has 0 aliphatic carbocycles. The third-order valence-electron chi connectivity index (χ3n) is 3.39. The zero-order chi connectivity index (χ0) is 14.7. The van der Waals surface area contributed by atoms with E-state index in [1.54, 1.807) is 12.1 Å². The first-order valence-corrected chi connectivity index (χ1v) is 6.25. The van der Waals surface area contributed by atoms with E-state index in [1.165, 1.54) is 19.1 Å². The second-order valence-corrected chi connectivity index (χ2v) is 4.65. The topological polar surface area (TPSA) is 78.9 Å². The van der Waals surface area contributed by atoms with Gasteiger partial charge in [-0.2, -0.15) is 0 Å². The normalized spacial score (nSPS) is 18.2. The van der Waals surface area contributed by atoms with Crippen molar-refractivity contribution in [1.82, 2.24) is 4.90 Å². The van der Waals surface area contributed by atoms with Crippen molar-refractivity contribution in [3.05, 3.63) is 23.8 Å². The molecule has 1 aliphatic rings. The Labute approximate surface area is 116 Å². The van der Waals surface area contributed by atoms with Crippen LogP contribution in [-0.2, 0) is 16.1 Å². The molecular formula is C14H16NO5-. The number of benzene rings is 1. The predicted molar refractivity (Wildman–Crippen MR) is 68.1 cm³/mol. The maximum absolute atomic E-state index is 11.8. The lowest BCUT2D eigenvalue weighted by Gasteiger charge is -2.19. The van der Waals surface area contributed by atoms with Crippen molar-refractivity contribution in [3.8, 4) is 11.5 Å². The van der Waals surface area contributed by atoms with E-state index in [0.717, 1.165) is 5.56 Å². The van der Waals surface area contributed by atoms with Crippen LogP contribution in [-0.4, -0.2) is 37.5 Å². The van der Waals surface area contributed by atoms with E-state index in [0.29, 0.717) is 18.0 Å². The zero-order valence-electron chi connectivity index (χ0n) is 11.4. The molecule has 0 unspecified atom stereocenters. The van der Waals surface area contributed by atoms with E-state index < -0.39 is 11.9 Å². The first-order valence-electron chi connectivity index (χ1n) is 6.25. The van der Waals surface area contributed by atoms with Crippen molar-refractivity contribution < 1.29 is 24.2 Å². The van der Waals surface area contributed by atoms with Crippen molar-refractivity contribution in [1.29, 1.82) is 0 Å². The van der Waals surface area contributed by atoms with Crippen LogP contribution in [0.3, 0.4) is 0 Å². The van der Waals surface area contributed by atoms with Gasteiger partial charge in [-0.25, -0.2) is 0 Å². The maximum atomic E-state index is 11.8. The van der Waals surface area contributed by atoms with E-state index in [1.807, 2.05) is 6.07 Å². The minimum Gasteiger partial charge on any atom is -0.550 e. The molecule has 108 valence electrons. The first-order chi connectivity index (χ1) is 9.56. The quantitative estimate of drug-likeness (QED) is 0.745. The van der Waals surface area contributed by atoms with Gasteiger partial charge in [0.25, 0.3) is 0 Å². The van der Waals surface area contributed by atoms with Crippen molar-refractivity contribution in [2.24, 2.45) is 5.92 Å². The van der Waals surface area contributed by atoms with Crippen molar-refractivity contribution >= 4 is 11.9 Å². The summed E-state index contributed by atoms with van der Waals surface area (Å²) in [6.07, 6.45) is -0.00534. The highest BCUT2D eigenvalue weighted by molar-refractivity contribution is 5.85. The van der Waals surface area contributed by atoms with E-state index in [9.17, 15) is 14.7 Å². The Kier molecular flexibility index (Phi) is 4.12. The largest absolute Gasteiger partial charge is 0.550 e. The minimum absolute atomic E-state index is 0.00534. The van der Waals surface area contributed by atoms with Crippen LogP contribution in [0.1, 0.15) is 12.0 Å². The van der Waals surface area contributed by atoms with E-state index in [2.05, 4.69) is 0 Å². The monoisotopic (exact) mass is 278 g/mol. The molecule has 6 heteroatoms. The van der Waals surface area contributed by atoms with Crippen LogP contribution >= 0.6 is 0 Å². The molecule has 0 radical (unpaired) electrons. The SMILES string of the molecule is COc1cccc(CN2C[C@@H](C(=O)[O-])CC2=O)c1OC. The Morgan fingerprint density at radius 1 is 1.40 bits per heavy atom. The second kappa shape index (κ2) is 5.81. The summed E-state index contributed by atoms with van der Waals surface area (Å²) in [5, 5.41) is 10.8. The number of ether oxygens (including phenoxy) is 2. The van der Waals surface area contributed by atoms with Gasteiger partial charge in [0.05, 0.1) is 14.2 Å². The lowest BCUT2D eigenvalue weighted by Crippen LogP contribution is -2.33. The number of aliphatic carboxylic acids is 1. The number of carboxylic acids is 1. The second-order valence-electron chi connectivity index (χ2n) is 4.65. The van der Waals surface area contributed by atoms with Crippen molar-refractivity contribution in [2.75, 3.05) is 20.8 Å². The number of para-hydroxylation sites is 1. The van der Waals surface area contributed by atoms with Crippen LogP contribution in [0, 0.1) is 5.92 Å². The van der Waals surface area contributed by atoms with Crippen LogP contribution < -0.4 is 14.6 Å². The molecule has 1 aromatic carbocycles. The van der Waals surface area contributed by atoms with Crippen LogP contribution in [0.15, 0.2) is 18.2 Å². The molecule has 1 aromatic rings. The molecule has 2 rings (SSSR count). The molecule has 0 bridgehead atoms. The number of hydrogen-bond acceptors (Lipinski definition) is 5. The number of carbonyl (C=O) groups is 2. The minimum atomic E-state index is -1.18. The first kappa shape index (κ1) is 14.2. The van der Waals surface area contributed by atoms with E-state index in [4.69, 9.17) is 9.47 Å². The zero-order valence-corrected chi connectivity index (χ0v) is 11.4. The Morgan fingerprint density at radius 3 is 2.70 bits per heavy atom. The third-order valence-corrected chi connectivity index (χ3v) is 3.39. The van der Waals surface area contributed by atoms with Gasteiger partial charge < -0.3 is 24.3 Å². The molecule has 1 saturated heterocycles. The summed E-state index contributed by atoms with van der Waals surface area (Å²) in [5.74, 6) is -0.977. The summed E-state index contributed by atoms with van der Waals surface area (Å²) in [6, 6.07) is 5.38. The van der Waals surface area contributed by atoms with Crippen LogP contribution in [0.25, 0.3) is 0 Å². The number of rotatable bonds is 5. The summed E-state index contributed by atoms with van der Waals surface area (Å²) >= 11 is 0. The average molecular weight is 278 g/mol. The van der Waals surface area contributed by atoms with Crippen LogP contribution in [0.5, 0.6) is 11.5 Å². The number of carbonyl (C=O) groups excluding carboxylic acids is 2. The Morgan fingerprint density at radius 2 is 2.15 bits per heavy atom. The summed E-state index contributed by atoms with van der Waals surface area (Å²) in [6.45, 7) is 0.463. The average Bonchev–Trinajstić information content (AvgIpc) is 2.80. The summed E-state index contributed by atoms with van der Waals surface area (Å²) < 4.78 is 10.5. The number of hydrogen-bond donors (Lipinski definition) is 0. The molecule has 1 fully saturated rings. The predicted octanol–water partition coefficient (Wildman–Crippen LogP) is -0.198. The highest BCUT2D eigenvalue weighted by Crippen LogP contribution is 2.32. The van der Waals surface area contributed by atoms with E-state index >= 15 is 0 Å². The lowest BCUT2D eigenvalue weighted by molar-refractivity contribution is -0.311. The van der Waals surface area contributed by atoms with Crippen LogP contribution in [0.4, 0.5) is 0 Å². The van der Waals surface area contributed by atoms with Gasteiger partial charge >= 0.3 is 0 Å². The maximum Gasteiger partial charge on any atom is 0.223 e. The standard InChI is InChI=1S/C14H17NO5/c1-19-11-5-3-4-9(13(11)20-2)7-15-8-10(14(17)18)6-12(15)16/h3-5,10H,6-8H2,1-2H3,(H,17,18)/p-1/t10-/m0/s1. The van der Waals surface area contributed by atoms with Gasteiger partial charge in [0.2, 0.25) is 5.91 Å². The van der Waals surface area contributed by atoms with Gasteiger partial charge in [0.1, 0.15) is 0 Å². The molecule has 20 heavy (non-hydrogen) atoms. The molecule has 1 amide bonds. The van der Waals surface area contributed by atoms with Gasteiger partial charge in [0.15, 0.2) is 11.5 Å². The fraction of sp³-hybridized carbons (Fsp3) is 0.429. The Hall–Kier alpha value is -2.24. The fourth-order valence-electron chi connectivity index (χ4n) is 2.37. The molecule has 0 saturated carbocycles. The van der Waals surface area contributed by atoms with Gasteiger partial charge in [0, 0.05) is 37.0 Å². The number of carboxylic acid groups (broad SMARTS) is 1. The summed E-state index contributed by atoms with van der Waals surface area (Å²) in [7, 11) is 3.06. The van der Waals surface area contributed by atoms with Gasteiger partial charge in [-0.05, 0) is 6.07 Å². The molecule has 1 atom stereocenters. The Bertz CT molecular complexity index is 528. The summed E-state index contributed by atoms with van der Waals surface area (Å²) in [5.41, 5.74) is 0.777. The molecule has 1 heterocycles. The Balaban J connectivity index is 2.18. The summed E-state index contributed by atoms with van der Waals surface area (Å²) in [4.78, 5) is 24.1. The molecule has 6 nitrogen and oxygen atoms in total. The molecule has 0 N–H and O–H groups in total. The van der Waals surface area contributed by atoms with Crippen LogP contribution in [0.2, 0.25) is 0 Å². The highest BCUT2D eigenvalue weighted by atomic mass is 16.5.